The lowest BCUT2D eigenvalue weighted by atomic mass is 10.4. The van der Waals surface area contributed by atoms with Crippen LogP contribution in [0.25, 0.3) is 0 Å². The summed E-state index contributed by atoms with van der Waals surface area (Å²) >= 11 is 1.40. The van der Waals surface area contributed by atoms with E-state index in [0.717, 1.165) is 17.3 Å². The van der Waals surface area contributed by atoms with Crippen LogP contribution in [0.3, 0.4) is 0 Å². The molecule has 0 aromatic carbocycles. The molecule has 6 heteroatoms. The van der Waals surface area contributed by atoms with Crippen molar-refractivity contribution in [1.29, 1.82) is 0 Å². The van der Waals surface area contributed by atoms with Gasteiger partial charge in [-0.3, -0.25) is 4.79 Å². The largest absolute Gasteiger partial charge is 0.370 e. The molecule has 2 aromatic heterocycles. The molecule has 0 bridgehead atoms. The van der Waals surface area contributed by atoms with Crippen molar-refractivity contribution in [2.45, 2.75) is 17.0 Å². The van der Waals surface area contributed by atoms with Gasteiger partial charge in [0.2, 0.25) is 0 Å². The minimum absolute atomic E-state index is 0.150. The second-order valence-electron chi connectivity index (χ2n) is 3.25. The maximum atomic E-state index is 11.1. The Balaban J connectivity index is 2.18. The van der Waals surface area contributed by atoms with Gasteiger partial charge in [0.15, 0.2) is 5.16 Å². The van der Waals surface area contributed by atoms with E-state index in [1.807, 2.05) is 19.1 Å². The number of aromatic nitrogens is 3. The topological polar surface area (TPSA) is 70.7 Å². The van der Waals surface area contributed by atoms with Crippen LogP contribution in [0.15, 0.2) is 45.4 Å². The molecule has 5 nitrogen and oxygen atoms in total. The van der Waals surface area contributed by atoms with Crippen molar-refractivity contribution in [3.8, 4) is 0 Å². The first-order valence-corrected chi connectivity index (χ1v) is 6.02. The van der Waals surface area contributed by atoms with Crippen molar-refractivity contribution in [2.24, 2.45) is 0 Å². The molecule has 0 aliphatic carbocycles. The number of anilines is 1. The third-order valence-corrected chi connectivity index (χ3v) is 2.84. The van der Waals surface area contributed by atoms with E-state index >= 15 is 0 Å². The smallest absolute Gasteiger partial charge is 0.251 e. The van der Waals surface area contributed by atoms with Gasteiger partial charge in [0.1, 0.15) is 5.82 Å². The summed E-state index contributed by atoms with van der Waals surface area (Å²) in [5, 5.41) is 3.70. The minimum Gasteiger partial charge on any atom is -0.370 e. The molecule has 0 radical (unpaired) electrons. The van der Waals surface area contributed by atoms with Gasteiger partial charge in [0, 0.05) is 29.9 Å². The summed E-state index contributed by atoms with van der Waals surface area (Å²) < 4.78 is 0. The molecule has 88 valence electrons. The minimum atomic E-state index is -0.150. The van der Waals surface area contributed by atoms with Gasteiger partial charge in [-0.25, -0.2) is 9.97 Å². The van der Waals surface area contributed by atoms with Crippen LogP contribution >= 0.6 is 11.8 Å². The van der Waals surface area contributed by atoms with Gasteiger partial charge in [-0.15, -0.1) is 0 Å². The second kappa shape index (κ2) is 5.49. The van der Waals surface area contributed by atoms with E-state index in [2.05, 4.69) is 20.3 Å². The molecule has 0 saturated carbocycles. The Morgan fingerprint density at radius 2 is 2.18 bits per heavy atom. The monoisotopic (exact) mass is 248 g/mol. The van der Waals surface area contributed by atoms with E-state index in [4.69, 9.17) is 0 Å². The van der Waals surface area contributed by atoms with E-state index in [1.54, 1.807) is 6.20 Å². The van der Waals surface area contributed by atoms with Crippen molar-refractivity contribution in [3.05, 3.63) is 40.9 Å². The Hall–Kier alpha value is -1.82. The fraction of sp³-hybridized carbons (Fsp3) is 0.182. The standard InChI is InChI=1S/C11H12N4OS/c1-2-12-9-7-8(3-5-13-9)17-11-14-6-4-10(16)15-11/h3-7H,2H2,1H3,(H,12,13)(H,14,15,16). The zero-order valence-electron chi connectivity index (χ0n) is 9.30. The molecule has 0 saturated heterocycles. The number of nitrogens with zero attached hydrogens (tertiary/aromatic N) is 2. The average molecular weight is 248 g/mol. The molecule has 2 aromatic rings. The average Bonchev–Trinajstić information content (AvgIpc) is 2.30. The van der Waals surface area contributed by atoms with Gasteiger partial charge in [-0.05, 0) is 19.1 Å². The number of hydrogen-bond donors (Lipinski definition) is 2. The van der Waals surface area contributed by atoms with Crippen molar-refractivity contribution < 1.29 is 0 Å². The molecule has 0 fully saturated rings. The van der Waals surface area contributed by atoms with Crippen LogP contribution in [0.5, 0.6) is 0 Å². The van der Waals surface area contributed by atoms with E-state index in [0.29, 0.717) is 5.16 Å². The Morgan fingerprint density at radius 3 is 2.94 bits per heavy atom. The Morgan fingerprint density at radius 1 is 1.35 bits per heavy atom. The summed E-state index contributed by atoms with van der Waals surface area (Å²) in [4.78, 5) is 23.0. The predicted molar refractivity (Wildman–Crippen MR) is 67.4 cm³/mol. The van der Waals surface area contributed by atoms with Gasteiger partial charge in [-0.1, -0.05) is 11.8 Å². The van der Waals surface area contributed by atoms with Gasteiger partial charge < -0.3 is 10.3 Å². The van der Waals surface area contributed by atoms with Crippen molar-refractivity contribution in [3.63, 3.8) is 0 Å². The van der Waals surface area contributed by atoms with Crippen LogP contribution in [-0.4, -0.2) is 21.5 Å². The summed E-state index contributed by atoms with van der Waals surface area (Å²) in [5.41, 5.74) is -0.150. The van der Waals surface area contributed by atoms with Crippen LogP contribution in [0.2, 0.25) is 0 Å². The van der Waals surface area contributed by atoms with Crippen LogP contribution in [-0.2, 0) is 0 Å². The van der Waals surface area contributed by atoms with Crippen molar-refractivity contribution in [2.75, 3.05) is 11.9 Å². The lowest BCUT2D eigenvalue weighted by Gasteiger charge is -2.04. The SMILES string of the molecule is CCNc1cc(Sc2nccc(=O)[nH]2)ccn1. The first-order valence-electron chi connectivity index (χ1n) is 5.21. The molecule has 0 spiro atoms. The van der Waals surface area contributed by atoms with E-state index < -0.39 is 0 Å². The fourth-order valence-electron chi connectivity index (χ4n) is 1.27. The highest BCUT2D eigenvalue weighted by Crippen LogP contribution is 2.24. The maximum absolute atomic E-state index is 11.1. The highest BCUT2D eigenvalue weighted by atomic mass is 32.2. The van der Waals surface area contributed by atoms with Crippen molar-refractivity contribution in [1.82, 2.24) is 15.0 Å². The third-order valence-electron chi connectivity index (χ3n) is 1.95. The highest BCUT2D eigenvalue weighted by molar-refractivity contribution is 7.99. The molecule has 2 rings (SSSR count). The summed E-state index contributed by atoms with van der Waals surface area (Å²) in [5.74, 6) is 0.816. The van der Waals surface area contributed by atoms with Crippen LogP contribution in [0.1, 0.15) is 6.92 Å². The number of hydrogen-bond acceptors (Lipinski definition) is 5. The molecular weight excluding hydrogens is 236 g/mol. The summed E-state index contributed by atoms with van der Waals surface area (Å²) in [6.07, 6.45) is 3.22. The molecule has 0 atom stereocenters. The number of pyridine rings is 1. The maximum Gasteiger partial charge on any atom is 0.251 e. The quantitative estimate of drug-likeness (QED) is 0.807. The number of H-pyrrole nitrogens is 1. The number of nitrogens with one attached hydrogen (secondary N) is 2. The van der Waals surface area contributed by atoms with Gasteiger partial charge in [0.05, 0.1) is 0 Å². The molecule has 0 amide bonds. The molecule has 0 aliphatic heterocycles. The summed E-state index contributed by atoms with van der Waals surface area (Å²) in [7, 11) is 0. The number of rotatable bonds is 4. The van der Waals surface area contributed by atoms with Crippen LogP contribution in [0, 0.1) is 0 Å². The molecule has 0 unspecified atom stereocenters. The summed E-state index contributed by atoms with van der Waals surface area (Å²) in [6, 6.07) is 5.18. The zero-order valence-corrected chi connectivity index (χ0v) is 10.1. The van der Waals surface area contributed by atoms with Crippen LogP contribution < -0.4 is 10.9 Å². The molecular formula is C11H12N4OS. The molecule has 2 N–H and O–H groups in total. The lowest BCUT2D eigenvalue weighted by Crippen LogP contribution is -2.05. The molecule has 2 heterocycles. The summed E-state index contributed by atoms with van der Waals surface area (Å²) in [6.45, 7) is 2.83. The van der Waals surface area contributed by atoms with Crippen molar-refractivity contribution >= 4 is 17.6 Å². The van der Waals surface area contributed by atoms with E-state index in [9.17, 15) is 4.79 Å². The fourth-order valence-corrected chi connectivity index (χ4v) is 2.06. The van der Waals surface area contributed by atoms with Gasteiger partial charge >= 0.3 is 0 Å². The molecule has 17 heavy (non-hydrogen) atoms. The zero-order chi connectivity index (χ0) is 12.1. The van der Waals surface area contributed by atoms with Crippen LogP contribution in [0.4, 0.5) is 5.82 Å². The Kier molecular flexibility index (Phi) is 3.77. The molecule has 0 aliphatic rings. The first-order chi connectivity index (χ1) is 8.28. The lowest BCUT2D eigenvalue weighted by molar-refractivity contribution is 0.936. The second-order valence-corrected chi connectivity index (χ2v) is 4.31. The van der Waals surface area contributed by atoms with E-state index in [-0.39, 0.29) is 5.56 Å². The van der Waals surface area contributed by atoms with Gasteiger partial charge in [0.25, 0.3) is 5.56 Å². The normalized spacial score (nSPS) is 10.2. The van der Waals surface area contributed by atoms with E-state index in [1.165, 1.54) is 24.0 Å². The first kappa shape index (κ1) is 11.7. The Bertz CT molecular complexity index is 555. The number of aromatic amines is 1. The third kappa shape index (κ3) is 3.32. The Labute approximate surface area is 103 Å². The highest BCUT2D eigenvalue weighted by Gasteiger charge is 2.01. The predicted octanol–water partition coefficient (Wildman–Crippen LogP) is 1.75. The van der Waals surface area contributed by atoms with Gasteiger partial charge in [-0.2, -0.15) is 0 Å².